The zero-order valence-electron chi connectivity index (χ0n) is 14.5. The van der Waals surface area contributed by atoms with Crippen LogP contribution in [-0.4, -0.2) is 31.0 Å². The highest BCUT2D eigenvalue weighted by Crippen LogP contribution is 2.35. The van der Waals surface area contributed by atoms with Gasteiger partial charge in [-0.25, -0.2) is 4.79 Å². The van der Waals surface area contributed by atoms with Crippen molar-refractivity contribution < 1.29 is 40.6 Å². The van der Waals surface area contributed by atoms with Crippen molar-refractivity contribution in [3.63, 3.8) is 0 Å². The van der Waals surface area contributed by atoms with Gasteiger partial charge in [-0.2, -0.15) is 26.3 Å². The first-order valence-electron chi connectivity index (χ1n) is 7.73. The Morgan fingerprint density at radius 1 is 0.962 bits per heavy atom. The molecule has 0 saturated heterocycles. The summed E-state index contributed by atoms with van der Waals surface area (Å²) in [5.74, 6) is -1.63. The van der Waals surface area contributed by atoms with Crippen LogP contribution in [0.5, 0.6) is 5.75 Å². The standard InChI is InChI=1S/C17H20F6O3/c1-15(2,3)9-8-11-4-6-12(7-5-11)25-10-13(24)26-14(16(18,19)20)17(21,22)23/h4-7,14H,8-10H2,1-3H3. The molecule has 9 heteroatoms. The summed E-state index contributed by atoms with van der Waals surface area (Å²) in [4.78, 5) is 11.3. The van der Waals surface area contributed by atoms with E-state index in [4.69, 9.17) is 4.74 Å². The van der Waals surface area contributed by atoms with Gasteiger partial charge >= 0.3 is 18.3 Å². The molecule has 0 amide bonds. The third-order valence-electron chi connectivity index (χ3n) is 3.29. The van der Waals surface area contributed by atoms with Gasteiger partial charge < -0.3 is 9.47 Å². The van der Waals surface area contributed by atoms with Crippen molar-refractivity contribution in [3.05, 3.63) is 29.8 Å². The van der Waals surface area contributed by atoms with Gasteiger partial charge in [0.2, 0.25) is 0 Å². The minimum Gasteiger partial charge on any atom is -0.482 e. The minimum atomic E-state index is -5.75. The second-order valence-electron chi connectivity index (χ2n) is 6.95. The number of esters is 1. The van der Waals surface area contributed by atoms with Crippen molar-refractivity contribution in [2.45, 2.75) is 52.1 Å². The highest BCUT2D eigenvalue weighted by Gasteiger charge is 2.59. The van der Waals surface area contributed by atoms with E-state index in [1.54, 1.807) is 12.1 Å². The number of ether oxygens (including phenoxy) is 2. The minimum absolute atomic E-state index is 0.136. The summed E-state index contributed by atoms with van der Waals surface area (Å²) in [6.45, 7) is 5.20. The maximum atomic E-state index is 12.3. The molecule has 0 atom stereocenters. The second kappa shape index (κ2) is 8.18. The Bertz CT molecular complexity index is 570. The predicted molar refractivity (Wildman–Crippen MR) is 81.7 cm³/mol. The summed E-state index contributed by atoms with van der Waals surface area (Å²) in [5.41, 5.74) is 1.14. The Kier molecular flexibility index (Phi) is 6.95. The SMILES string of the molecule is CC(C)(C)CCc1ccc(OCC(=O)OC(C(F)(F)F)C(F)(F)F)cc1. The van der Waals surface area contributed by atoms with Gasteiger partial charge in [0.15, 0.2) is 6.61 Å². The summed E-state index contributed by atoms with van der Waals surface area (Å²) in [7, 11) is 0. The van der Waals surface area contributed by atoms with Crippen LogP contribution in [0.3, 0.4) is 0 Å². The van der Waals surface area contributed by atoms with E-state index >= 15 is 0 Å². The molecule has 0 fully saturated rings. The fourth-order valence-corrected chi connectivity index (χ4v) is 1.90. The molecular formula is C17H20F6O3. The molecule has 0 N–H and O–H groups in total. The van der Waals surface area contributed by atoms with Crippen molar-refractivity contribution >= 4 is 5.97 Å². The van der Waals surface area contributed by atoms with E-state index in [9.17, 15) is 31.1 Å². The van der Waals surface area contributed by atoms with Crippen LogP contribution in [0.15, 0.2) is 24.3 Å². The van der Waals surface area contributed by atoms with Gasteiger partial charge in [0.25, 0.3) is 6.10 Å². The van der Waals surface area contributed by atoms with Gasteiger partial charge in [0.05, 0.1) is 0 Å². The maximum Gasteiger partial charge on any atom is 0.434 e. The number of benzene rings is 1. The molecule has 1 rings (SSSR count). The lowest BCUT2D eigenvalue weighted by atomic mass is 9.89. The van der Waals surface area contributed by atoms with Gasteiger partial charge in [0.1, 0.15) is 5.75 Å². The summed E-state index contributed by atoms with van der Waals surface area (Å²) in [6, 6.07) is 6.38. The molecule has 0 spiro atoms. The van der Waals surface area contributed by atoms with Crippen molar-refractivity contribution in [1.29, 1.82) is 0 Å². The van der Waals surface area contributed by atoms with Crippen LogP contribution in [0.2, 0.25) is 0 Å². The molecule has 3 nitrogen and oxygen atoms in total. The Labute approximate surface area is 147 Å². The van der Waals surface area contributed by atoms with Crippen LogP contribution >= 0.6 is 0 Å². The zero-order chi connectivity index (χ0) is 20.2. The predicted octanol–water partition coefficient (Wildman–Crippen LogP) is 5.08. The van der Waals surface area contributed by atoms with Gasteiger partial charge in [0, 0.05) is 0 Å². The number of rotatable bonds is 6. The van der Waals surface area contributed by atoms with Crippen LogP contribution in [0.25, 0.3) is 0 Å². The largest absolute Gasteiger partial charge is 0.482 e. The Hall–Kier alpha value is -1.93. The van der Waals surface area contributed by atoms with Gasteiger partial charge in [-0.05, 0) is 36.0 Å². The van der Waals surface area contributed by atoms with E-state index < -0.39 is 31.0 Å². The molecule has 0 aromatic heterocycles. The topological polar surface area (TPSA) is 35.5 Å². The van der Waals surface area contributed by atoms with Crippen molar-refractivity contribution in [2.75, 3.05) is 6.61 Å². The average molecular weight is 386 g/mol. The zero-order valence-corrected chi connectivity index (χ0v) is 14.5. The van der Waals surface area contributed by atoms with E-state index in [-0.39, 0.29) is 11.2 Å². The van der Waals surface area contributed by atoms with E-state index in [1.807, 2.05) is 0 Å². The van der Waals surface area contributed by atoms with E-state index in [0.29, 0.717) is 0 Å². The van der Waals surface area contributed by atoms with E-state index in [0.717, 1.165) is 18.4 Å². The first-order valence-corrected chi connectivity index (χ1v) is 7.73. The molecule has 0 heterocycles. The highest BCUT2D eigenvalue weighted by atomic mass is 19.4. The summed E-state index contributed by atoms with van der Waals surface area (Å²) in [6.07, 6.45) is -13.9. The number of carbonyl (C=O) groups is 1. The Morgan fingerprint density at radius 2 is 1.46 bits per heavy atom. The fourth-order valence-electron chi connectivity index (χ4n) is 1.90. The van der Waals surface area contributed by atoms with Crippen LogP contribution in [-0.2, 0) is 16.0 Å². The lowest BCUT2D eigenvalue weighted by molar-refractivity contribution is -0.313. The number of halogens is 6. The molecule has 26 heavy (non-hydrogen) atoms. The van der Waals surface area contributed by atoms with Crippen LogP contribution < -0.4 is 4.74 Å². The lowest BCUT2D eigenvalue weighted by Crippen LogP contribution is -2.46. The molecular weight excluding hydrogens is 366 g/mol. The van der Waals surface area contributed by atoms with E-state index in [2.05, 4.69) is 25.5 Å². The van der Waals surface area contributed by atoms with Crippen molar-refractivity contribution in [3.8, 4) is 5.75 Å². The number of hydrogen-bond acceptors (Lipinski definition) is 3. The molecule has 1 aromatic carbocycles. The molecule has 0 aliphatic heterocycles. The molecule has 0 aliphatic carbocycles. The molecule has 0 unspecified atom stereocenters. The normalized spacial score (nSPS) is 13.0. The molecule has 0 radical (unpaired) electrons. The van der Waals surface area contributed by atoms with Crippen molar-refractivity contribution in [2.24, 2.45) is 5.41 Å². The molecule has 148 valence electrons. The van der Waals surface area contributed by atoms with Crippen LogP contribution in [0.4, 0.5) is 26.3 Å². The number of carbonyl (C=O) groups excluding carboxylic acids is 1. The number of aryl methyl sites for hydroxylation is 1. The van der Waals surface area contributed by atoms with Gasteiger partial charge in [-0.15, -0.1) is 0 Å². The number of alkyl halides is 6. The lowest BCUT2D eigenvalue weighted by Gasteiger charge is -2.22. The third kappa shape index (κ3) is 7.97. The summed E-state index contributed by atoms with van der Waals surface area (Å²) in [5, 5.41) is 0. The van der Waals surface area contributed by atoms with Gasteiger partial charge in [-0.3, -0.25) is 0 Å². The Morgan fingerprint density at radius 3 is 1.88 bits per heavy atom. The van der Waals surface area contributed by atoms with Crippen molar-refractivity contribution in [1.82, 2.24) is 0 Å². The quantitative estimate of drug-likeness (QED) is 0.505. The Balaban J connectivity index is 2.57. The monoisotopic (exact) mass is 386 g/mol. The molecule has 0 bridgehead atoms. The molecule has 0 saturated carbocycles. The third-order valence-corrected chi connectivity index (χ3v) is 3.29. The smallest absolute Gasteiger partial charge is 0.434 e. The fraction of sp³-hybridized carbons (Fsp3) is 0.588. The number of hydrogen-bond donors (Lipinski definition) is 0. The first kappa shape index (κ1) is 22.1. The first-order chi connectivity index (χ1) is 11.7. The summed E-state index contributed by atoms with van der Waals surface area (Å²) < 4.78 is 82.2. The van der Waals surface area contributed by atoms with E-state index in [1.165, 1.54) is 12.1 Å². The second-order valence-corrected chi connectivity index (χ2v) is 6.95. The molecule has 0 aliphatic rings. The highest BCUT2D eigenvalue weighted by molar-refractivity contribution is 5.71. The maximum absolute atomic E-state index is 12.3. The average Bonchev–Trinajstić information content (AvgIpc) is 2.46. The summed E-state index contributed by atoms with van der Waals surface area (Å²) >= 11 is 0. The van der Waals surface area contributed by atoms with Crippen LogP contribution in [0.1, 0.15) is 32.8 Å². The van der Waals surface area contributed by atoms with Crippen LogP contribution in [0, 0.1) is 5.41 Å². The van der Waals surface area contributed by atoms with Gasteiger partial charge in [-0.1, -0.05) is 32.9 Å². The molecule has 1 aromatic rings.